The smallest absolute Gasteiger partial charge is 0.227 e. The summed E-state index contributed by atoms with van der Waals surface area (Å²) in [6.07, 6.45) is 8.72. The van der Waals surface area contributed by atoms with Crippen molar-refractivity contribution >= 4 is 11.9 Å². The summed E-state index contributed by atoms with van der Waals surface area (Å²) in [4.78, 5) is 30.9. The standard InChI is InChI=1S/C25H29N5O2/c1-29(2)25-27-17-21(19-11-13-26-14-12-19)24(28-25)22-6-4-5-15-30(22)23(31)16-18-7-9-20(32-3)10-8-18/h7-14,17,22H,4-6,15-16H2,1-3H3/t22-/m0/s1. The van der Waals surface area contributed by atoms with Gasteiger partial charge in [0.25, 0.3) is 0 Å². The van der Waals surface area contributed by atoms with E-state index < -0.39 is 0 Å². The average Bonchev–Trinajstić information content (AvgIpc) is 2.84. The number of methoxy groups -OCH3 is 1. The minimum Gasteiger partial charge on any atom is -0.497 e. The van der Waals surface area contributed by atoms with Gasteiger partial charge in [-0.1, -0.05) is 12.1 Å². The van der Waals surface area contributed by atoms with Crippen LogP contribution in [0.25, 0.3) is 11.1 Å². The van der Waals surface area contributed by atoms with E-state index in [0.717, 1.165) is 53.9 Å². The van der Waals surface area contributed by atoms with Crippen molar-refractivity contribution in [2.24, 2.45) is 0 Å². The second-order valence-electron chi connectivity index (χ2n) is 8.22. The fourth-order valence-electron chi connectivity index (χ4n) is 4.14. The van der Waals surface area contributed by atoms with Crippen LogP contribution in [0.15, 0.2) is 55.0 Å². The SMILES string of the molecule is COc1ccc(CC(=O)N2CCCC[C@H]2c2nc(N(C)C)ncc2-c2ccncc2)cc1. The normalized spacial score (nSPS) is 16.0. The Hall–Kier alpha value is -3.48. The van der Waals surface area contributed by atoms with Crippen LogP contribution in [0, 0.1) is 0 Å². The average molecular weight is 432 g/mol. The van der Waals surface area contributed by atoms with E-state index in [4.69, 9.17) is 9.72 Å². The van der Waals surface area contributed by atoms with Crippen LogP contribution in [0.4, 0.5) is 5.95 Å². The molecule has 1 amide bonds. The van der Waals surface area contributed by atoms with Crippen molar-refractivity contribution in [1.29, 1.82) is 0 Å². The van der Waals surface area contributed by atoms with Gasteiger partial charge in [-0.2, -0.15) is 0 Å². The van der Waals surface area contributed by atoms with Crippen LogP contribution in [0.5, 0.6) is 5.75 Å². The maximum absolute atomic E-state index is 13.4. The molecule has 2 aromatic heterocycles. The molecule has 4 rings (SSSR count). The lowest BCUT2D eigenvalue weighted by molar-refractivity contribution is -0.134. The largest absolute Gasteiger partial charge is 0.497 e. The van der Waals surface area contributed by atoms with E-state index in [2.05, 4.69) is 9.97 Å². The minimum absolute atomic E-state index is 0.0839. The van der Waals surface area contributed by atoms with E-state index in [1.165, 1.54) is 0 Å². The van der Waals surface area contributed by atoms with Gasteiger partial charge >= 0.3 is 0 Å². The number of piperidine rings is 1. The van der Waals surface area contributed by atoms with Crippen molar-refractivity contribution in [2.75, 3.05) is 32.6 Å². The Labute approximate surface area is 189 Å². The highest BCUT2D eigenvalue weighted by atomic mass is 16.5. The van der Waals surface area contributed by atoms with Gasteiger partial charge in [-0.15, -0.1) is 0 Å². The summed E-state index contributed by atoms with van der Waals surface area (Å²) in [5.74, 6) is 1.55. The van der Waals surface area contributed by atoms with Crippen molar-refractivity contribution in [1.82, 2.24) is 19.9 Å². The number of hydrogen-bond donors (Lipinski definition) is 0. The van der Waals surface area contributed by atoms with Crippen molar-refractivity contribution in [3.63, 3.8) is 0 Å². The quantitative estimate of drug-likeness (QED) is 0.589. The van der Waals surface area contributed by atoms with Crippen molar-refractivity contribution in [3.05, 3.63) is 66.2 Å². The third kappa shape index (κ3) is 4.72. The number of carbonyl (C=O) groups excluding carboxylic acids is 1. The molecule has 1 aliphatic heterocycles. The number of likely N-dealkylation sites (tertiary alicyclic amines) is 1. The molecule has 1 aliphatic rings. The number of rotatable bonds is 6. The summed E-state index contributed by atoms with van der Waals surface area (Å²) >= 11 is 0. The first-order chi connectivity index (χ1) is 15.6. The predicted molar refractivity (Wildman–Crippen MR) is 125 cm³/mol. The highest BCUT2D eigenvalue weighted by Gasteiger charge is 2.31. The molecule has 1 saturated heterocycles. The Balaban J connectivity index is 1.68. The third-order valence-electron chi connectivity index (χ3n) is 5.85. The summed E-state index contributed by atoms with van der Waals surface area (Å²) < 4.78 is 5.23. The molecule has 166 valence electrons. The summed E-state index contributed by atoms with van der Waals surface area (Å²) in [5, 5.41) is 0. The number of ether oxygens (including phenoxy) is 1. The molecule has 0 unspecified atom stereocenters. The lowest BCUT2D eigenvalue weighted by atomic mass is 9.93. The molecule has 1 aromatic carbocycles. The van der Waals surface area contributed by atoms with Gasteiger partial charge < -0.3 is 14.5 Å². The maximum Gasteiger partial charge on any atom is 0.227 e. The highest BCUT2D eigenvalue weighted by molar-refractivity contribution is 5.80. The Morgan fingerprint density at radius 1 is 1.12 bits per heavy atom. The van der Waals surface area contributed by atoms with Gasteiger partial charge in [-0.3, -0.25) is 9.78 Å². The van der Waals surface area contributed by atoms with Gasteiger partial charge in [0.05, 0.1) is 25.3 Å². The first-order valence-corrected chi connectivity index (χ1v) is 10.9. The highest BCUT2D eigenvalue weighted by Crippen LogP contribution is 2.36. The zero-order chi connectivity index (χ0) is 22.5. The number of nitrogens with zero attached hydrogens (tertiary/aromatic N) is 5. The monoisotopic (exact) mass is 431 g/mol. The number of amides is 1. The van der Waals surface area contributed by atoms with Gasteiger partial charge in [0.2, 0.25) is 11.9 Å². The lowest BCUT2D eigenvalue weighted by Gasteiger charge is -2.36. The van der Waals surface area contributed by atoms with E-state index in [0.29, 0.717) is 12.4 Å². The molecular formula is C25H29N5O2. The molecule has 0 spiro atoms. The van der Waals surface area contributed by atoms with Crippen LogP contribution in [0.2, 0.25) is 0 Å². The summed E-state index contributed by atoms with van der Waals surface area (Å²) in [5.41, 5.74) is 3.84. The third-order valence-corrected chi connectivity index (χ3v) is 5.85. The molecule has 0 bridgehead atoms. The summed E-state index contributed by atoms with van der Waals surface area (Å²) in [7, 11) is 5.50. The lowest BCUT2D eigenvalue weighted by Crippen LogP contribution is -2.40. The number of hydrogen-bond acceptors (Lipinski definition) is 6. The first-order valence-electron chi connectivity index (χ1n) is 10.9. The van der Waals surface area contributed by atoms with Crippen molar-refractivity contribution < 1.29 is 9.53 Å². The van der Waals surface area contributed by atoms with Crippen molar-refractivity contribution in [3.8, 4) is 16.9 Å². The fraction of sp³-hybridized carbons (Fsp3) is 0.360. The first kappa shape index (κ1) is 21.7. The maximum atomic E-state index is 13.4. The van der Waals surface area contributed by atoms with Gasteiger partial charge in [0.1, 0.15) is 5.75 Å². The van der Waals surface area contributed by atoms with Crippen LogP contribution in [-0.4, -0.2) is 53.5 Å². The number of pyridine rings is 1. The van der Waals surface area contributed by atoms with E-state index in [1.54, 1.807) is 19.5 Å². The molecule has 0 N–H and O–H groups in total. The molecular weight excluding hydrogens is 402 g/mol. The molecule has 0 aliphatic carbocycles. The van der Waals surface area contributed by atoms with E-state index in [-0.39, 0.29) is 11.9 Å². The van der Waals surface area contributed by atoms with Gasteiger partial charge in [-0.25, -0.2) is 9.97 Å². The molecule has 7 nitrogen and oxygen atoms in total. The van der Waals surface area contributed by atoms with Gasteiger partial charge in [-0.05, 0) is 54.7 Å². The summed E-state index contributed by atoms with van der Waals surface area (Å²) in [6, 6.07) is 11.5. The Bertz CT molecular complexity index is 1050. The Morgan fingerprint density at radius 2 is 1.88 bits per heavy atom. The predicted octanol–water partition coefficient (Wildman–Crippen LogP) is 3.91. The van der Waals surface area contributed by atoms with Crippen molar-refractivity contribution in [2.45, 2.75) is 31.7 Å². The molecule has 3 heterocycles. The molecule has 0 radical (unpaired) electrons. The molecule has 3 aromatic rings. The Kier molecular flexibility index (Phi) is 6.63. The van der Waals surface area contributed by atoms with E-state index in [1.807, 2.05) is 66.5 Å². The second kappa shape index (κ2) is 9.77. The number of carbonyl (C=O) groups is 1. The minimum atomic E-state index is -0.0839. The zero-order valence-electron chi connectivity index (χ0n) is 18.9. The molecule has 32 heavy (non-hydrogen) atoms. The topological polar surface area (TPSA) is 71.5 Å². The number of benzene rings is 1. The van der Waals surface area contributed by atoms with Crippen LogP contribution in [0.1, 0.15) is 36.6 Å². The molecule has 0 saturated carbocycles. The van der Waals surface area contributed by atoms with Crippen LogP contribution in [-0.2, 0) is 11.2 Å². The number of anilines is 1. The van der Waals surface area contributed by atoms with E-state index in [9.17, 15) is 4.79 Å². The van der Waals surface area contributed by atoms with Crippen LogP contribution in [0.3, 0.4) is 0 Å². The second-order valence-corrected chi connectivity index (χ2v) is 8.22. The van der Waals surface area contributed by atoms with E-state index >= 15 is 0 Å². The summed E-state index contributed by atoms with van der Waals surface area (Å²) in [6.45, 7) is 0.733. The van der Waals surface area contributed by atoms with Gasteiger partial charge in [0, 0.05) is 44.8 Å². The van der Waals surface area contributed by atoms with Crippen LogP contribution < -0.4 is 9.64 Å². The molecule has 1 fully saturated rings. The van der Waals surface area contributed by atoms with Gasteiger partial charge in [0.15, 0.2) is 0 Å². The molecule has 1 atom stereocenters. The van der Waals surface area contributed by atoms with Crippen LogP contribution >= 0.6 is 0 Å². The number of aromatic nitrogens is 3. The zero-order valence-corrected chi connectivity index (χ0v) is 18.9. The fourth-order valence-corrected chi connectivity index (χ4v) is 4.14. The Morgan fingerprint density at radius 3 is 2.56 bits per heavy atom. The molecule has 7 heteroatoms.